The van der Waals surface area contributed by atoms with E-state index in [0.29, 0.717) is 27.1 Å². The number of amides is 2. The Hall–Kier alpha value is -1.77. The van der Waals surface area contributed by atoms with E-state index in [1.807, 2.05) is 6.92 Å². The highest BCUT2D eigenvalue weighted by Gasteiger charge is 2.36. The minimum atomic E-state index is -1.91. The smallest absolute Gasteiger partial charge is 0.266 e. The van der Waals surface area contributed by atoms with Gasteiger partial charge in [-0.05, 0) is 42.8 Å². The molecule has 1 saturated heterocycles. The topological polar surface area (TPSA) is 58.6 Å². The molecular formula is C21H17Cl3N2O3S2. The van der Waals surface area contributed by atoms with Gasteiger partial charge in [-0.25, -0.2) is 0 Å². The first-order valence-electron chi connectivity index (χ1n) is 9.13. The molecule has 5 nitrogen and oxygen atoms in total. The number of hydrogen-bond donors (Lipinski definition) is 1. The Morgan fingerprint density at radius 1 is 1.19 bits per heavy atom. The maximum Gasteiger partial charge on any atom is 0.266 e. The number of carbonyl (C=O) groups is 2. The number of benzene rings is 2. The molecule has 1 N–H and O–H groups in total. The highest BCUT2D eigenvalue weighted by molar-refractivity contribution is 8.26. The molecule has 0 saturated carbocycles. The van der Waals surface area contributed by atoms with Crippen molar-refractivity contribution in [3.63, 3.8) is 0 Å². The Balaban J connectivity index is 1.72. The number of ether oxygens (including phenoxy) is 1. The number of thioether (sulfide) groups is 1. The number of halogens is 3. The van der Waals surface area contributed by atoms with E-state index in [0.717, 1.165) is 5.56 Å². The summed E-state index contributed by atoms with van der Waals surface area (Å²) in [7, 11) is 0. The van der Waals surface area contributed by atoms with Gasteiger partial charge in [0.25, 0.3) is 11.8 Å². The summed E-state index contributed by atoms with van der Waals surface area (Å²) in [6, 6.07) is 15.3. The van der Waals surface area contributed by atoms with Crippen molar-refractivity contribution in [1.29, 1.82) is 0 Å². The first-order chi connectivity index (χ1) is 14.7. The summed E-state index contributed by atoms with van der Waals surface area (Å²) in [5.74, 6) is -0.174. The molecular weight excluding hydrogens is 499 g/mol. The highest BCUT2D eigenvalue weighted by atomic mass is 35.6. The summed E-state index contributed by atoms with van der Waals surface area (Å²) in [5.41, 5.74) is 1.19. The molecule has 0 aromatic heterocycles. The molecule has 2 aromatic rings. The first-order valence-corrected chi connectivity index (χ1v) is 11.5. The molecule has 0 spiro atoms. The molecule has 1 fully saturated rings. The molecule has 0 aliphatic carbocycles. The fourth-order valence-electron chi connectivity index (χ4n) is 2.67. The van der Waals surface area contributed by atoms with Gasteiger partial charge in [0.05, 0.1) is 4.91 Å². The van der Waals surface area contributed by atoms with Gasteiger partial charge in [0.1, 0.15) is 10.1 Å². The zero-order valence-electron chi connectivity index (χ0n) is 16.2. The van der Waals surface area contributed by atoms with Crippen LogP contribution < -0.4 is 10.1 Å². The second kappa shape index (κ2) is 10.2. The third-order valence-electron chi connectivity index (χ3n) is 4.22. The van der Waals surface area contributed by atoms with Crippen LogP contribution in [0.15, 0.2) is 59.5 Å². The lowest BCUT2D eigenvalue weighted by atomic mass is 10.2. The lowest BCUT2D eigenvalue weighted by Gasteiger charge is -2.26. The Kier molecular flexibility index (Phi) is 7.88. The average molecular weight is 516 g/mol. The van der Waals surface area contributed by atoms with E-state index in [4.69, 9.17) is 51.8 Å². The van der Waals surface area contributed by atoms with E-state index in [1.54, 1.807) is 65.6 Å². The Morgan fingerprint density at radius 2 is 1.84 bits per heavy atom. The number of alkyl halides is 3. The number of thiocarbonyl (C=S) groups is 1. The highest BCUT2D eigenvalue weighted by Crippen LogP contribution is 2.34. The van der Waals surface area contributed by atoms with Crippen molar-refractivity contribution in [1.82, 2.24) is 10.2 Å². The van der Waals surface area contributed by atoms with Crippen molar-refractivity contribution in [3.8, 4) is 5.75 Å². The predicted molar refractivity (Wildman–Crippen MR) is 131 cm³/mol. The average Bonchev–Trinajstić information content (AvgIpc) is 3.01. The number of nitrogens with zero attached hydrogens (tertiary/aromatic N) is 1. The minimum absolute atomic E-state index is 0.113. The summed E-state index contributed by atoms with van der Waals surface area (Å²) < 4.78 is 4.35. The summed E-state index contributed by atoms with van der Waals surface area (Å²) in [5, 5.41) is 2.58. The van der Waals surface area contributed by atoms with Gasteiger partial charge in [0, 0.05) is 12.1 Å². The van der Waals surface area contributed by atoms with Crippen molar-refractivity contribution in [2.45, 2.75) is 16.9 Å². The molecule has 162 valence electrons. The van der Waals surface area contributed by atoms with Crippen molar-refractivity contribution >= 4 is 81.0 Å². The van der Waals surface area contributed by atoms with E-state index in [9.17, 15) is 9.59 Å². The van der Waals surface area contributed by atoms with Gasteiger partial charge in [-0.3, -0.25) is 14.5 Å². The van der Waals surface area contributed by atoms with Gasteiger partial charge in [0.15, 0.2) is 0 Å². The molecule has 2 amide bonds. The van der Waals surface area contributed by atoms with Crippen LogP contribution in [0, 0.1) is 0 Å². The number of likely N-dealkylation sites (N-methyl/N-ethyl adjacent to an activating group) is 1. The SMILES string of the molecule is CCN1C(=O)C(=Cc2ccc(OC(NC(=O)c3ccccc3)C(Cl)(Cl)Cl)cc2)SC1=S. The fourth-order valence-corrected chi connectivity index (χ4v) is 4.35. The van der Waals surface area contributed by atoms with Crippen LogP contribution in [0.2, 0.25) is 0 Å². The predicted octanol–water partition coefficient (Wildman–Crippen LogP) is 5.41. The van der Waals surface area contributed by atoms with E-state index < -0.39 is 15.9 Å². The van der Waals surface area contributed by atoms with Crippen molar-refractivity contribution in [3.05, 3.63) is 70.6 Å². The summed E-state index contributed by atoms with van der Waals surface area (Å²) in [4.78, 5) is 26.9. The minimum Gasteiger partial charge on any atom is -0.466 e. The zero-order chi connectivity index (χ0) is 22.6. The van der Waals surface area contributed by atoms with Crippen LogP contribution >= 0.6 is 58.8 Å². The van der Waals surface area contributed by atoms with Crippen molar-refractivity contribution in [2.24, 2.45) is 0 Å². The third kappa shape index (κ3) is 6.14. The molecule has 1 atom stereocenters. The molecule has 2 aromatic carbocycles. The van der Waals surface area contributed by atoms with E-state index in [1.165, 1.54) is 11.8 Å². The Morgan fingerprint density at radius 3 is 2.39 bits per heavy atom. The molecule has 1 aliphatic rings. The molecule has 1 aliphatic heterocycles. The van der Waals surface area contributed by atoms with E-state index >= 15 is 0 Å². The standard InChI is InChI=1S/C21H17Cl3N2O3S2/c1-2-26-18(28)16(31-20(26)30)12-13-8-10-15(11-9-13)29-19(21(22,23)24)25-17(27)14-6-4-3-5-7-14/h3-12,19H,2H2,1H3,(H,25,27). The second-order valence-corrected chi connectivity index (χ2v) is 10.4. The quantitative estimate of drug-likeness (QED) is 0.241. The van der Waals surface area contributed by atoms with Gasteiger partial charge in [-0.2, -0.15) is 0 Å². The number of hydrogen-bond acceptors (Lipinski definition) is 5. The summed E-state index contributed by atoms with van der Waals surface area (Å²) in [6.07, 6.45) is 0.527. The van der Waals surface area contributed by atoms with Crippen LogP contribution in [-0.2, 0) is 4.79 Å². The van der Waals surface area contributed by atoms with E-state index in [2.05, 4.69) is 5.32 Å². The van der Waals surface area contributed by atoms with Gasteiger partial charge in [0.2, 0.25) is 10.0 Å². The molecule has 0 bridgehead atoms. The van der Waals surface area contributed by atoms with Crippen LogP contribution in [0.3, 0.4) is 0 Å². The van der Waals surface area contributed by atoms with Crippen molar-refractivity contribution < 1.29 is 14.3 Å². The maximum absolute atomic E-state index is 12.4. The van der Waals surface area contributed by atoms with Gasteiger partial charge in [-0.15, -0.1) is 0 Å². The van der Waals surface area contributed by atoms with Crippen LogP contribution in [0.1, 0.15) is 22.8 Å². The monoisotopic (exact) mass is 514 g/mol. The van der Waals surface area contributed by atoms with Crippen LogP contribution in [0.25, 0.3) is 6.08 Å². The Bertz CT molecular complexity index is 1010. The molecule has 0 radical (unpaired) electrons. The molecule has 3 rings (SSSR count). The molecule has 31 heavy (non-hydrogen) atoms. The van der Waals surface area contributed by atoms with Gasteiger partial charge < -0.3 is 10.1 Å². The maximum atomic E-state index is 12.4. The zero-order valence-corrected chi connectivity index (χ0v) is 20.1. The molecule has 1 unspecified atom stereocenters. The molecule has 1 heterocycles. The van der Waals surface area contributed by atoms with Crippen LogP contribution in [0.5, 0.6) is 5.75 Å². The normalized spacial score (nSPS) is 16.5. The molecule has 10 heteroatoms. The van der Waals surface area contributed by atoms with E-state index in [-0.39, 0.29) is 5.91 Å². The fraction of sp³-hybridized carbons (Fsp3) is 0.190. The first kappa shape index (κ1) is 23.9. The van der Waals surface area contributed by atoms with Gasteiger partial charge >= 0.3 is 0 Å². The largest absolute Gasteiger partial charge is 0.466 e. The van der Waals surface area contributed by atoms with Crippen LogP contribution in [-0.4, -0.2) is 37.6 Å². The van der Waals surface area contributed by atoms with Gasteiger partial charge in [-0.1, -0.05) is 89.1 Å². The lowest BCUT2D eigenvalue weighted by molar-refractivity contribution is -0.121. The third-order valence-corrected chi connectivity index (χ3v) is 6.19. The summed E-state index contributed by atoms with van der Waals surface area (Å²) >= 11 is 24.5. The number of nitrogens with one attached hydrogen (secondary N) is 1. The second-order valence-electron chi connectivity index (χ2n) is 6.37. The number of carbonyl (C=O) groups excluding carboxylic acids is 2. The van der Waals surface area contributed by atoms with Crippen molar-refractivity contribution in [2.75, 3.05) is 6.54 Å². The summed E-state index contributed by atoms with van der Waals surface area (Å²) in [6.45, 7) is 2.40. The Labute approximate surface area is 204 Å². The lowest BCUT2D eigenvalue weighted by Crippen LogP contribution is -2.47. The van der Waals surface area contributed by atoms with Crippen LogP contribution in [0.4, 0.5) is 0 Å². The number of rotatable bonds is 6.